The fraction of sp³-hybridized carbons (Fsp3) is 0.143. The second-order valence-electron chi connectivity index (χ2n) is 1.99. The monoisotopic (exact) mass is 284 g/mol. The SMILES string of the molecule is Fc1cc(Br)c(CBr)cc1F. The van der Waals surface area contributed by atoms with Crippen molar-refractivity contribution < 1.29 is 8.78 Å². The molecule has 0 atom stereocenters. The van der Waals surface area contributed by atoms with Crippen LogP contribution in [0, 0.1) is 11.6 Å². The zero-order valence-electron chi connectivity index (χ0n) is 5.37. The fourth-order valence-electron chi connectivity index (χ4n) is 0.666. The van der Waals surface area contributed by atoms with Crippen molar-refractivity contribution in [2.75, 3.05) is 0 Å². The molecular weight excluding hydrogens is 282 g/mol. The van der Waals surface area contributed by atoms with E-state index in [9.17, 15) is 8.78 Å². The molecule has 0 aliphatic rings. The molecule has 0 aliphatic carbocycles. The van der Waals surface area contributed by atoms with Crippen LogP contribution < -0.4 is 0 Å². The summed E-state index contributed by atoms with van der Waals surface area (Å²) < 4.78 is 25.6. The Balaban J connectivity index is 3.21. The molecule has 0 aliphatic heterocycles. The molecule has 0 aromatic heterocycles. The van der Waals surface area contributed by atoms with Gasteiger partial charge in [0.2, 0.25) is 0 Å². The lowest BCUT2D eigenvalue weighted by atomic mass is 10.2. The molecule has 1 rings (SSSR count). The summed E-state index contributed by atoms with van der Waals surface area (Å²) in [6.45, 7) is 0. The molecule has 0 fully saturated rings. The highest BCUT2D eigenvalue weighted by molar-refractivity contribution is 9.10. The van der Waals surface area contributed by atoms with Crippen molar-refractivity contribution in [3.63, 3.8) is 0 Å². The first-order valence-corrected chi connectivity index (χ1v) is 4.76. The Kier molecular flexibility index (Phi) is 3.01. The Morgan fingerprint density at radius 1 is 1.18 bits per heavy atom. The number of benzene rings is 1. The standard InChI is InChI=1S/C7H4Br2F2/c8-3-4-1-6(10)7(11)2-5(4)9/h1-2H,3H2. The molecule has 0 nitrogen and oxygen atoms in total. The van der Waals surface area contributed by atoms with Crippen molar-refractivity contribution in [3.05, 3.63) is 33.8 Å². The van der Waals surface area contributed by atoms with Crippen LogP contribution in [0.1, 0.15) is 5.56 Å². The molecule has 0 amide bonds. The maximum atomic E-state index is 12.5. The minimum atomic E-state index is -0.832. The minimum absolute atomic E-state index is 0.505. The van der Waals surface area contributed by atoms with Gasteiger partial charge < -0.3 is 0 Å². The van der Waals surface area contributed by atoms with E-state index in [1.165, 1.54) is 0 Å². The van der Waals surface area contributed by atoms with E-state index in [-0.39, 0.29) is 0 Å². The van der Waals surface area contributed by atoms with Crippen molar-refractivity contribution in [1.29, 1.82) is 0 Å². The zero-order valence-corrected chi connectivity index (χ0v) is 8.55. The van der Waals surface area contributed by atoms with Gasteiger partial charge in [-0.05, 0) is 17.7 Å². The number of hydrogen-bond acceptors (Lipinski definition) is 0. The van der Waals surface area contributed by atoms with Gasteiger partial charge in [0.15, 0.2) is 11.6 Å². The summed E-state index contributed by atoms with van der Waals surface area (Å²) >= 11 is 6.25. The molecule has 1 aromatic rings. The van der Waals surface area contributed by atoms with Gasteiger partial charge in [0.25, 0.3) is 0 Å². The summed E-state index contributed by atoms with van der Waals surface area (Å²) in [4.78, 5) is 0. The highest BCUT2D eigenvalue weighted by atomic mass is 79.9. The molecule has 0 N–H and O–H groups in total. The Morgan fingerprint density at radius 2 is 1.73 bits per heavy atom. The van der Waals surface area contributed by atoms with Crippen LogP contribution in [0.5, 0.6) is 0 Å². The van der Waals surface area contributed by atoms with E-state index in [0.29, 0.717) is 15.4 Å². The van der Waals surface area contributed by atoms with Crippen LogP contribution in [0.3, 0.4) is 0 Å². The molecule has 11 heavy (non-hydrogen) atoms. The van der Waals surface area contributed by atoms with E-state index in [1.807, 2.05) is 0 Å². The molecule has 0 saturated heterocycles. The molecule has 0 bridgehead atoms. The highest BCUT2D eigenvalue weighted by Crippen LogP contribution is 2.22. The van der Waals surface area contributed by atoms with Crippen LogP contribution in [0.15, 0.2) is 16.6 Å². The molecule has 1 aromatic carbocycles. The number of rotatable bonds is 1. The first-order chi connectivity index (χ1) is 5.15. The predicted octanol–water partition coefficient (Wildman–Crippen LogP) is 3.62. The lowest BCUT2D eigenvalue weighted by Crippen LogP contribution is -1.88. The number of alkyl halides is 1. The van der Waals surface area contributed by atoms with E-state index in [0.717, 1.165) is 12.1 Å². The van der Waals surface area contributed by atoms with Gasteiger partial charge in [0.05, 0.1) is 0 Å². The van der Waals surface area contributed by atoms with Gasteiger partial charge in [-0.15, -0.1) is 0 Å². The third-order valence-electron chi connectivity index (χ3n) is 1.23. The Hall–Kier alpha value is 0.0400. The quantitative estimate of drug-likeness (QED) is 0.546. The summed E-state index contributed by atoms with van der Waals surface area (Å²) in [7, 11) is 0. The van der Waals surface area contributed by atoms with E-state index < -0.39 is 11.6 Å². The van der Waals surface area contributed by atoms with Gasteiger partial charge in [-0.1, -0.05) is 31.9 Å². The molecule has 0 spiro atoms. The van der Waals surface area contributed by atoms with Crippen molar-refractivity contribution in [3.8, 4) is 0 Å². The summed E-state index contributed by atoms with van der Waals surface area (Å²) in [5, 5.41) is 0.505. The third kappa shape index (κ3) is 1.99. The molecular formula is C7H4Br2F2. The van der Waals surface area contributed by atoms with Crippen LogP contribution in [0.25, 0.3) is 0 Å². The maximum absolute atomic E-state index is 12.5. The normalized spacial score (nSPS) is 10.2. The van der Waals surface area contributed by atoms with E-state index >= 15 is 0 Å². The van der Waals surface area contributed by atoms with E-state index in [4.69, 9.17) is 0 Å². The van der Waals surface area contributed by atoms with Gasteiger partial charge in [-0.2, -0.15) is 0 Å². The van der Waals surface area contributed by atoms with Crippen molar-refractivity contribution in [2.45, 2.75) is 5.33 Å². The van der Waals surface area contributed by atoms with Crippen molar-refractivity contribution in [2.24, 2.45) is 0 Å². The first-order valence-electron chi connectivity index (χ1n) is 2.84. The molecule has 0 saturated carbocycles. The zero-order chi connectivity index (χ0) is 8.43. The second kappa shape index (κ2) is 3.63. The Labute approximate surface area is 79.9 Å². The van der Waals surface area contributed by atoms with Crippen LogP contribution in [-0.4, -0.2) is 0 Å². The summed E-state index contributed by atoms with van der Waals surface area (Å²) in [6, 6.07) is 2.28. The van der Waals surface area contributed by atoms with Gasteiger partial charge >= 0.3 is 0 Å². The third-order valence-corrected chi connectivity index (χ3v) is 2.58. The summed E-state index contributed by atoms with van der Waals surface area (Å²) in [5.74, 6) is -1.65. The van der Waals surface area contributed by atoms with Crippen LogP contribution in [0.4, 0.5) is 8.78 Å². The van der Waals surface area contributed by atoms with Crippen LogP contribution in [0.2, 0.25) is 0 Å². The van der Waals surface area contributed by atoms with Gasteiger partial charge in [0, 0.05) is 9.80 Å². The molecule has 0 heterocycles. The first kappa shape index (κ1) is 9.13. The predicted molar refractivity (Wildman–Crippen MR) is 46.7 cm³/mol. The Bertz CT molecular complexity index is 273. The smallest absolute Gasteiger partial charge is 0.159 e. The number of hydrogen-bond donors (Lipinski definition) is 0. The lowest BCUT2D eigenvalue weighted by molar-refractivity contribution is 0.507. The second-order valence-corrected chi connectivity index (χ2v) is 3.41. The average Bonchev–Trinajstić information content (AvgIpc) is 1.97. The van der Waals surface area contributed by atoms with Crippen LogP contribution >= 0.6 is 31.9 Å². The summed E-state index contributed by atoms with van der Waals surface area (Å²) in [5.41, 5.74) is 0.698. The van der Waals surface area contributed by atoms with Gasteiger partial charge in [0.1, 0.15) is 0 Å². The maximum Gasteiger partial charge on any atom is 0.159 e. The largest absolute Gasteiger partial charge is 0.204 e. The average molecular weight is 286 g/mol. The highest BCUT2D eigenvalue weighted by Gasteiger charge is 2.05. The summed E-state index contributed by atoms with van der Waals surface area (Å²) in [6.07, 6.45) is 0. The van der Waals surface area contributed by atoms with Gasteiger partial charge in [-0.25, -0.2) is 8.78 Å². The van der Waals surface area contributed by atoms with Crippen molar-refractivity contribution in [1.82, 2.24) is 0 Å². The molecule has 0 unspecified atom stereocenters. The van der Waals surface area contributed by atoms with E-state index in [2.05, 4.69) is 31.9 Å². The Morgan fingerprint density at radius 3 is 2.27 bits per heavy atom. The molecule has 60 valence electrons. The van der Waals surface area contributed by atoms with Gasteiger partial charge in [-0.3, -0.25) is 0 Å². The van der Waals surface area contributed by atoms with E-state index in [1.54, 1.807) is 0 Å². The molecule has 4 heteroatoms. The van der Waals surface area contributed by atoms with Crippen LogP contribution in [-0.2, 0) is 5.33 Å². The fourth-order valence-corrected chi connectivity index (χ4v) is 1.96. The minimum Gasteiger partial charge on any atom is -0.204 e. The number of halogens is 4. The molecule has 0 radical (unpaired) electrons. The topological polar surface area (TPSA) is 0 Å². The lowest BCUT2D eigenvalue weighted by Gasteiger charge is -2.00. The van der Waals surface area contributed by atoms with Crippen molar-refractivity contribution >= 4 is 31.9 Å².